The van der Waals surface area contributed by atoms with E-state index in [0.29, 0.717) is 13.1 Å². The first kappa shape index (κ1) is 17.9. The number of carboxylic acids is 1. The van der Waals surface area contributed by atoms with Crippen molar-refractivity contribution in [1.29, 1.82) is 0 Å². The normalized spacial score (nSPS) is 12.1. The second-order valence-corrected chi connectivity index (χ2v) is 6.73. The van der Waals surface area contributed by atoms with E-state index in [1.165, 1.54) is 5.56 Å². The van der Waals surface area contributed by atoms with Crippen LogP contribution in [0.3, 0.4) is 0 Å². The second-order valence-electron chi connectivity index (χ2n) is 6.73. The van der Waals surface area contributed by atoms with Gasteiger partial charge in [0.25, 0.3) is 0 Å². The molecule has 0 aliphatic rings. The standard InChI is InChI=1S/C23H21N3O2/c27-23(28)22(25-14-18-9-6-12-24-13-18)20-16-26(15-17-7-2-1-3-8-17)21-11-5-4-10-19(20)21/h1-13,16,22,25H,14-15H2,(H,27,28). The lowest BCUT2D eigenvalue weighted by Gasteiger charge is -2.14. The number of nitrogens with one attached hydrogen (secondary N) is 1. The van der Waals surface area contributed by atoms with Crippen LogP contribution in [0.15, 0.2) is 85.3 Å². The largest absolute Gasteiger partial charge is 0.480 e. The van der Waals surface area contributed by atoms with E-state index in [0.717, 1.165) is 22.0 Å². The molecule has 5 heteroatoms. The maximum atomic E-state index is 12.0. The number of pyridine rings is 1. The number of hydrogen-bond acceptors (Lipinski definition) is 3. The Labute approximate surface area is 163 Å². The number of hydrogen-bond donors (Lipinski definition) is 2. The van der Waals surface area contributed by atoms with E-state index in [1.807, 2.05) is 60.8 Å². The fourth-order valence-electron chi connectivity index (χ4n) is 3.47. The van der Waals surface area contributed by atoms with Crippen molar-refractivity contribution in [3.8, 4) is 0 Å². The average molecular weight is 371 g/mol. The van der Waals surface area contributed by atoms with E-state index in [1.54, 1.807) is 12.4 Å². The molecule has 0 radical (unpaired) electrons. The summed E-state index contributed by atoms with van der Waals surface area (Å²) in [5.41, 5.74) is 3.91. The molecule has 140 valence electrons. The summed E-state index contributed by atoms with van der Waals surface area (Å²) < 4.78 is 2.11. The molecule has 2 aromatic carbocycles. The molecular weight excluding hydrogens is 350 g/mol. The van der Waals surface area contributed by atoms with Crippen molar-refractivity contribution in [1.82, 2.24) is 14.9 Å². The molecule has 5 nitrogen and oxygen atoms in total. The molecule has 4 rings (SSSR count). The monoisotopic (exact) mass is 371 g/mol. The predicted octanol–water partition coefficient (Wildman–Crippen LogP) is 4.00. The van der Waals surface area contributed by atoms with Crippen LogP contribution in [-0.4, -0.2) is 20.6 Å². The number of aromatic nitrogens is 2. The summed E-state index contributed by atoms with van der Waals surface area (Å²) in [6.45, 7) is 1.12. The minimum atomic E-state index is -0.897. The van der Waals surface area contributed by atoms with Crippen molar-refractivity contribution >= 4 is 16.9 Å². The second kappa shape index (κ2) is 8.06. The van der Waals surface area contributed by atoms with Crippen molar-refractivity contribution < 1.29 is 9.90 Å². The van der Waals surface area contributed by atoms with Gasteiger partial charge < -0.3 is 9.67 Å². The van der Waals surface area contributed by atoms with Gasteiger partial charge in [0.05, 0.1) is 0 Å². The number of fused-ring (bicyclic) bond motifs is 1. The lowest BCUT2D eigenvalue weighted by Crippen LogP contribution is -2.28. The average Bonchev–Trinajstić information content (AvgIpc) is 3.08. The van der Waals surface area contributed by atoms with Crippen LogP contribution >= 0.6 is 0 Å². The molecule has 0 saturated carbocycles. The number of aliphatic carboxylic acids is 1. The third-order valence-corrected chi connectivity index (χ3v) is 4.81. The molecule has 2 aromatic heterocycles. The zero-order chi connectivity index (χ0) is 19.3. The quantitative estimate of drug-likeness (QED) is 0.515. The number of benzene rings is 2. The van der Waals surface area contributed by atoms with Crippen LogP contribution < -0.4 is 5.32 Å². The van der Waals surface area contributed by atoms with Crippen LogP contribution in [0, 0.1) is 0 Å². The Hall–Kier alpha value is -3.44. The van der Waals surface area contributed by atoms with Crippen LogP contribution in [0.4, 0.5) is 0 Å². The smallest absolute Gasteiger partial charge is 0.325 e. The van der Waals surface area contributed by atoms with Crippen molar-refractivity contribution in [2.45, 2.75) is 19.1 Å². The summed E-state index contributed by atoms with van der Waals surface area (Å²) in [6, 6.07) is 21.1. The highest BCUT2D eigenvalue weighted by atomic mass is 16.4. The molecule has 2 N–H and O–H groups in total. The minimum absolute atomic E-state index is 0.434. The molecule has 1 unspecified atom stereocenters. The van der Waals surface area contributed by atoms with E-state index in [4.69, 9.17) is 0 Å². The molecule has 0 spiro atoms. The van der Waals surface area contributed by atoms with Crippen molar-refractivity contribution in [2.75, 3.05) is 0 Å². The van der Waals surface area contributed by atoms with E-state index >= 15 is 0 Å². The van der Waals surface area contributed by atoms with Gasteiger partial charge in [0, 0.05) is 48.1 Å². The van der Waals surface area contributed by atoms with E-state index in [2.05, 4.69) is 27.0 Å². The Morgan fingerprint density at radius 2 is 1.75 bits per heavy atom. The molecule has 0 aliphatic carbocycles. The molecule has 28 heavy (non-hydrogen) atoms. The third-order valence-electron chi connectivity index (χ3n) is 4.81. The number of carboxylic acid groups (broad SMARTS) is 1. The zero-order valence-corrected chi connectivity index (χ0v) is 15.3. The van der Waals surface area contributed by atoms with Crippen LogP contribution in [0.25, 0.3) is 10.9 Å². The highest BCUT2D eigenvalue weighted by molar-refractivity contribution is 5.89. The molecule has 0 bridgehead atoms. The topological polar surface area (TPSA) is 67.2 Å². The minimum Gasteiger partial charge on any atom is -0.480 e. The van der Waals surface area contributed by atoms with Crippen molar-refractivity contribution in [3.05, 3.63) is 102 Å². The highest BCUT2D eigenvalue weighted by Crippen LogP contribution is 2.28. The van der Waals surface area contributed by atoms with Gasteiger partial charge in [-0.05, 0) is 23.3 Å². The Bertz CT molecular complexity index is 1070. The van der Waals surface area contributed by atoms with Gasteiger partial charge in [-0.1, -0.05) is 54.6 Å². The first-order valence-electron chi connectivity index (χ1n) is 9.19. The molecule has 2 heterocycles. The van der Waals surface area contributed by atoms with E-state index in [-0.39, 0.29) is 0 Å². The molecule has 0 fully saturated rings. The van der Waals surface area contributed by atoms with Gasteiger partial charge in [-0.2, -0.15) is 0 Å². The zero-order valence-electron chi connectivity index (χ0n) is 15.3. The first-order chi connectivity index (χ1) is 13.7. The summed E-state index contributed by atoms with van der Waals surface area (Å²) in [4.78, 5) is 16.1. The van der Waals surface area contributed by atoms with Crippen LogP contribution in [-0.2, 0) is 17.9 Å². The molecule has 0 amide bonds. The van der Waals surface area contributed by atoms with Crippen LogP contribution in [0.2, 0.25) is 0 Å². The van der Waals surface area contributed by atoms with Crippen molar-refractivity contribution in [2.24, 2.45) is 0 Å². The number of para-hydroxylation sites is 1. The van der Waals surface area contributed by atoms with E-state index < -0.39 is 12.0 Å². The lowest BCUT2D eigenvalue weighted by molar-refractivity contribution is -0.139. The van der Waals surface area contributed by atoms with Gasteiger partial charge in [0.15, 0.2) is 0 Å². The first-order valence-corrected chi connectivity index (χ1v) is 9.19. The molecular formula is C23H21N3O2. The summed E-state index contributed by atoms with van der Waals surface area (Å²) >= 11 is 0. The fourth-order valence-corrected chi connectivity index (χ4v) is 3.47. The van der Waals surface area contributed by atoms with Gasteiger partial charge in [0.1, 0.15) is 6.04 Å². The molecule has 1 atom stereocenters. The lowest BCUT2D eigenvalue weighted by atomic mass is 10.1. The molecule has 4 aromatic rings. The fraction of sp³-hybridized carbons (Fsp3) is 0.130. The van der Waals surface area contributed by atoms with Crippen molar-refractivity contribution in [3.63, 3.8) is 0 Å². The SMILES string of the molecule is O=C(O)C(NCc1cccnc1)c1cn(Cc2ccccc2)c2ccccc12. The van der Waals surface area contributed by atoms with Crippen LogP contribution in [0.5, 0.6) is 0 Å². The summed E-state index contributed by atoms with van der Waals surface area (Å²) in [7, 11) is 0. The summed E-state index contributed by atoms with van der Waals surface area (Å²) in [5.74, 6) is -0.897. The Morgan fingerprint density at radius 3 is 2.50 bits per heavy atom. The highest BCUT2D eigenvalue weighted by Gasteiger charge is 2.24. The van der Waals surface area contributed by atoms with Gasteiger partial charge in [0.2, 0.25) is 0 Å². The molecule has 0 saturated heterocycles. The summed E-state index contributed by atoms with van der Waals surface area (Å²) in [6.07, 6.45) is 5.40. The Kier molecular flexibility index (Phi) is 5.17. The van der Waals surface area contributed by atoms with Gasteiger partial charge in [-0.3, -0.25) is 15.1 Å². The number of nitrogens with zero attached hydrogens (tertiary/aromatic N) is 2. The van der Waals surface area contributed by atoms with E-state index in [9.17, 15) is 9.90 Å². The Balaban J connectivity index is 1.68. The maximum Gasteiger partial charge on any atom is 0.325 e. The number of rotatable bonds is 7. The predicted molar refractivity (Wildman–Crippen MR) is 109 cm³/mol. The number of carbonyl (C=O) groups is 1. The van der Waals surface area contributed by atoms with Gasteiger partial charge in [-0.25, -0.2) is 0 Å². The Morgan fingerprint density at radius 1 is 1.00 bits per heavy atom. The van der Waals surface area contributed by atoms with Crippen LogP contribution in [0.1, 0.15) is 22.7 Å². The van der Waals surface area contributed by atoms with Gasteiger partial charge in [-0.15, -0.1) is 0 Å². The van der Waals surface area contributed by atoms with Gasteiger partial charge >= 0.3 is 5.97 Å². The molecule has 0 aliphatic heterocycles. The maximum absolute atomic E-state index is 12.0. The third kappa shape index (κ3) is 3.80. The summed E-state index contributed by atoms with van der Waals surface area (Å²) in [5, 5.41) is 14.0.